The van der Waals surface area contributed by atoms with E-state index in [1.807, 2.05) is 19.2 Å². The third kappa shape index (κ3) is 4.72. The summed E-state index contributed by atoms with van der Waals surface area (Å²) in [5.41, 5.74) is 11.5. The summed E-state index contributed by atoms with van der Waals surface area (Å²) in [6.45, 7) is 3.84. The summed E-state index contributed by atoms with van der Waals surface area (Å²) in [6, 6.07) is 5.57. The fourth-order valence-electron chi connectivity index (χ4n) is 3.94. The summed E-state index contributed by atoms with van der Waals surface area (Å²) in [6.07, 6.45) is 14.0. The fraction of sp³-hybridized carbons (Fsp3) is 0.269. The van der Waals surface area contributed by atoms with Gasteiger partial charge in [0.1, 0.15) is 11.8 Å². The monoisotopic (exact) mass is 438 g/mol. The van der Waals surface area contributed by atoms with Crippen LogP contribution in [0.15, 0.2) is 42.5 Å². The van der Waals surface area contributed by atoms with Crippen LogP contribution in [0.4, 0.5) is 11.4 Å². The number of rotatable bonds is 4. The number of aromatic nitrogens is 3. The number of pyridine rings is 1. The summed E-state index contributed by atoms with van der Waals surface area (Å²) < 4.78 is 1.76. The first kappa shape index (κ1) is 22.1. The molecule has 0 atom stereocenters. The molecular weight excluding hydrogens is 412 g/mol. The number of nitrogens with zero attached hydrogens (tertiary/aromatic N) is 4. The van der Waals surface area contributed by atoms with Crippen LogP contribution >= 0.6 is 0 Å². The molecule has 2 aliphatic rings. The topological polar surface area (TPSA) is 111 Å². The van der Waals surface area contributed by atoms with Gasteiger partial charge in [0.2, 0.25) is 0 Å². The van der Waals surface area contributed by atoms with E-state index in [9.17, 15) is 5.11 Å². The molecule has 0 bridgehead atoms. The molecule has 166 valence electrons. The predicted molar refractivity (Wildman–Crippen MR) is 129 cm³/mol. The Morgan fingerprint density at radius 2 is 2.03 bits per heavy atom. The molecule has 0 unspecified atom stereocenters. The normalized spacial score (nSPS) is 13.5. The van der Waals surface area contributed by atoms with E-state index in [1.54, 1.807) is 36.1 Å². The molecular formula is C26H26N6O. The van der Waals surface area contributed by atoms with Gasteiger partial charge in [0.15, 0.2) is 0 Å². The first-order valence-corrected chi connectivity index (χ1v) is 11.0. The summed E-state index contributed by atoms with van der Waals surface area (Å²) >= 11 is 0. The maximum absolute atomic E-state index is 9.78. The van der Waals surface area contributed by atoms with E-state index < -0.39 is 0 Å². The molecule has 0 aliphatic heterocycles. The molecule has 3 N–H and O–H groups in total. The van der Waals surface area contributed by atoms with Gasteiger partial charge in [-0.15, -0.1) is 5.73 Å². The van der Waals surface area contributed by atoms with E-state index >= 15 is 0 Å². The van der Waals surface area contributed by atoms with Crippen molar-refractivity contribution in [1.82, 2.24) is 14.8 Å². The zero-order valence-corrected chi connectivity index (χ0v) is 18.8. The van der Waals surface area contributed by atoms with E-state index in [0.29, 0.717) is 5.69 Å². The number of phenolic OH excluding ortho intramolecular Hbond substituents is 1. The Hall–Kier alpha value is -4.14. The lowest BCUT2D eigenvalue weighted by atomic mass is 9.91. The number of anilines is 2. The highest BCUT2D eigenvalue weighted by atomic mass is 16.3. The van der Waals surface area contributed by atoms with Crippen LogP contribution in [-0.2, 0) is 12.8 Å². The van der Waals surface area contributed by atoms with Crippen LogP contribution in [0.1, 0.15) is 52.8 Å². The molecule has 2 aliphatic carbocycles. The smallest absolute Gasteiger partial charge is 0.120 e. The van der Waals surface area contributed by atoms with Crippen molar-refractivity contribution >= 4 is 23.3 Å². The molecule has 0 saturated heterocycles. The maximum Gasteiger partial charge on any atom is 0.120 e. The number of aromatic hydroxyl groups is 1. The van der Waals surface area contributed by atoms with Crippen LogP contribution in [0.5, 0.6) is 5.75 Å². The zero-order chi connectivity index (χ0) is 23.4. The number of allylic oxidation sites excluding steroid dienone is 1. The van der Waals surface area contributed by atoms with Crippen molar-refractivity contribution in [3.8, 4) is 11.8 Å². The van der Waals surface area contributed by atoms with Crippen LogP contribution in [0, 0.1) is 30.6 Å². The lowest BCUT2D eigenvalue weighted by molar-refractivity contribution is 0.471. The molecule has 0 spiro atoms. The number of fused-ring (bicyclic) bond motifs is 1. The SMILES string of the molecule is Cc1c(C#N)cnc2c1CCCC2.Cc1cc(C=N)c(Nc2cnn(C3=C=CC3)c2)cc1O. The lowest BCUT2D eigenvalue weighted by Gasteiger charge is -2.17. The van der Waals surface area contributed by atoms with Gasteiger partial charge in [-0.05, 0) is 68.4 Å². The summed E-state index contributed by atoms with van der Waals surface area (Å²) in [5, 5.41) is 33.5. The molecule has 7 nitrogen and oxygen atoms in total. The minimum absolute atomic E-state index is 0.204. The maximum atomic E-state index is 9.78. The Labute approximate surface area is 193 Å². The number of nitrogens with one attached hydrogen (secondary N) is 2. The average molecular weight is 439 g/mol. The second-order valence-corrected chi connectivity index (χ2v) is 8.21. The summed E-state index contributed by atoms with van der Waals surface area (Å²) in [4.78, 5) is 4.33. The second kappa shape index (κ2) is 9.56. The molecule has 0 amide bonds. The van der Waals surface area contributed by atoms with Gasteiger partial charge < -0.3 is 15.8 Å². The minimum atomic E-state index is 0.204. The zero-order valence-electron chi connectivity index (χ0n) is 18.8. The molecule has 7 heteroatoms. The van der Waals surface area contributed by atoms with Crippen molar-refractivity contribution in [2.45, 2.75) is 46.0 Å². The minimum Gasteiger partial charge on any atom is -0.508 e. The Morgan fingerprint density at radius 1 is 1.24 bits per heavy atom. The van der Waals surface area contributed by atoms with Crippen LogP contribution in [0.3, 0.4) is 0 Å². The molecule has 2 aromatic heterocycles. The predicted octanol–water partition coefficient (Wildman–Crippen LogP) is 5.18. The average Bonchev–Trinajstić information content (AvgIpc) is 3.23. The number of hydrogen-bond acceptors (Lipinski definition) is 6. The third-order valence-electron chi connectivity index (χ3n) is 5.99. The molecule has 2 heterocycles. The number of aryl methyl sites for hydroxylation is 2. The molecule has 5 rings (SSSR count). The van der Waals surface area contributed by atoms with Gasteiger partial charge in [0.05, 0.1) is 35.0 Å². The van der Waals surface area contributed by atoms with Crippen LogP contribution in [-0.4, -0.2) is 26.1 Å². The van der Waals surface area contributed by atoms with Crippen molar-refractivity contribution < 1.29 is 5.11 Å². The Kier molecular flexibility index (Phi) is 6.39. The van der Waals surface area contributed by atoms with Gasteiger partial charge in [-0.1, -0.05) is 0 Å². The quantitative estimate of drug-likeness (QED) is 0.384. The van der Waals surface area contributed by atoms with E-state index in [2.05, 4.69) is 27.2 Å². The molecule has 0 fully saturated rings. The third-order valence-corrected chi connectivity index (χ3v) is 5.99. The van der Waals surface area contributed by atoms with Gasteiger partial charge in [-0.25, -0.2) is 4.68 Å². The molecule has 33 heavy (non-hydrogen) atoms. The van der Waals surface area contributed by atoms with Crippen LogP contribution < -0.4 is 5.32 Å². The van der Waals surface area contributed by atoms with Crippen LogP contribution in [0.25, 0.3) is 5.70 Å². The highest BCUT2D eigenvalue weighted by Crippen LogP contribution is 2.28. The van der Waals surface area contributed by atoms with Gasteiger partial charge in [-0.3, -0.25) is 4.98 Å². The molecule has 1 aromatic carbocycles. The number of benzene rings is 1. The summed E-state index contributed by atoms with van der Waals surface area (Å²) in [7, 11) is 0. The van der Waals surface area contributed by atoms with Crippen LogP contribution in [0.2, 0.25) is 0 Å². The number of hydrogen-bond donors (Lipinski definition) is 3. The van der Waals surface area contributed by atoms with Crippen molar-refractivity contribution in [3.63, 3.8) is 0 Å². The van der Waals surface area contributed by atoms with Gasteiger partial charge in [0.25, 0.3) is 0 Å². The van der Waals surface area contributed by atoms with Crippen molar-refractivity contribution in [2.75, 3.05) is 5.32 Å². The molecule has 0 saturated carbocycles. The Bertz CT molecular complexity index is 1320. The first-order chi connectivity index (χ1) is 16.0. The van der Waals surface area contributed by atoms with Gasteiger partial charge in [-0.2, -0.15) is 10.4 Å². The lowest BCUT2D eigenvalue weighted by Crippen LogP contribution is -2.08. The Balaban J connectivity index is 0.000000172. The van der Waals surface area contributed by atoms with E-state index in [0.717, 1.165) is 52.9 Å². The largest absolute Gasteiger partial charge is 0.508 e. The highest BCUT2D eigenvalue weighted by Gasteiger charge is 2.14. The Morgan fingerprint density at radius 3 is 2.73 bits per heavy atom. The standard InChI is InChI=1S/C15H14N4O.C11H12N2/c1-10-5-11(7-16)14(6-15(10)20)18-12-8-17-19(9-12)13-3-2-4-13;1-8-9(6-12)7-13-11-5-3-2-4-10(8)11/h2,5-9,16,18,20H,3H2,1H3;7H,2-5H2,1H3. The summed E-state index contributed by atoms with van der Waals surface area (Å²) in [5.74, 6) is 0.204. The van der Waals surface area contributed by atoms with Crippen molar-refractivity contribution in [2.24, 2.45) is 0 Å². The number of phenols is 1. The molecule has 0 radical (unpaired) electrons. The van der Waals surface area contributed by atoms with Crippen molar-refractivity contribution in [1.29, 1.82) is 10.7 Å². The van der Waals surface area contributed by atoms with Gasteiger partial charge in [0, 0.05) is 36.2 Å². The molecule has 3 aromatic rings. The van der Waals surface area contributed by atoms with Crippen molar-refractivity contribution in [3.05, 3.63) is 76.0 Å². The number of nitriles is 1. The highest BCUT2D eigenvalue weighted by molar-refractivity contribution is 5.88. The van der Waals surface area contributed by atoms with E-state index in [-0.39, 0.29) is 5.75 Å². The van der Waals surface area contributed by atoms with E-state index in [4.69, 9.17) is 10.7 Å². The first-order valence-electron chi connectivity index (χ1n) is 11.0. The van der Waals surface area contributed by atoms with Gasteiger partial charge >= 0.3 is 0 Å². The fourth-order valence-corrected chi connectivity index (χ4v) is 3.94. The van der Waals surface area contributed by atoms with E-state index in [1.165, 1.54) is 30.3 Å². The second-order valence-electron chi connectivity index (χ2n) is 8.21.